The molecule has 0 atom stereocenters. The number of benzene rings is 1. The van der Waals surface area contributed by atoms with E-state index in [0.717, 1.165) is 23.6 Å². The Bertz CT molecular complexity index is 614. The topological polar surface area (TPSA) is 124 Å². The van der Waals surface area contributed by atoms with Crippen LogP contribution in [0.15, 0.2) is 18.2 Å². The smallest absolute Gasteiger partial charge is 0.449 e. The first-order chi connectivity index (χ1) is 9.40. The maximum atomic E-state index is 10.5. The number of carbonyl (C=O) groups is 1. The van der Waals surface area contributed by atoms with Crippen molar-refractivity contribution in [2.75, 3.05) is 0 Å². The lowest BCUT2D eigenvalue weighted by atomic mass is 10.1. The van der Waals surface area contributed by atoms with Crippen molar-refractivity contribution in [3.8, 4) is 5.75 Å². The van der Waals surface area contributed by atoms with Gasteiger partial charge >= 0.3 is 6.16 Å². The summed E-state index contributed by atoms with van der Waals surface area (Å²) in [5.41, 5.74) is -0.191. The molecule has 20 heavy (non-hydrogen) atoms. The maximum absolute atomic E-state index is 10.5. The summed E-state index contributed by atoms with van der Waals surface area (Å²) in [6.45, 7) is 4.00. The Morgan fingerprint density at radius 1 is 1.45 bits per heavy atom. The van der Waals surface area contributed by atoms with Crippen LogP contribution in [0.25, 0.3) is 0 Å². The van der Waals surface area contributed by atoms with E-state index in [-0.39, 0.29) is 23.4 Å². The van der Waals surface area contributed by atoms with Crippen molar-refractivity contribution in [2.45, 2.75) is 20.3 Å². The highest BCUT2D eigenvalue weighted by atomic mass is 32.2. The zero-order valence-corrected chi connectivity index (χ0v) is 11.6. The van der Waals surface area contributed by atoms with Gasteiger partial charge in [-0.2, -0.15) is 8.42 Å². The Hall–Kier alpha value is -2.42. The molecule has 1 aromatic carbocycles. The highest BCUT2D eigenvalue weighted by Crippen LogP contribution is 2.24. The van der Waals surface area contributed by atoms with Crippen molar-refractivity contribution in [1.82, 2.24) is 0 Å². The van der Waals surface area contributed by atoms with Gasteiger partial charge in [-0.15, -0.1) is 0 Å². The van der Waals surface area contributed by atoms with E-state index < -0.39 is 21.4 Å². The van der Waals surface area contributed by atoms with Crippen molar-refractivity contribution in [3.63, 3.8) is 0 Å². The summed E-state index contributed by atoms with van der Waals surface area (Å²) in [5.74, 6) is -0.144. The lowest BCUT2D eigenvalue weighted by molar-refractivity contribution is -0.384. The van der Waals surface area contributed by atoms with Crippen LogP contribution in [-0.2, 0) is 16.7 Å². The normalized spacial score (nSPS) is 8.90. The zero-order chi connectivity index (χ0) is 15.7. The molecule has 0 radical (unpaired) electrons. The summed E-state index contributed by atoms with van der Waals surface area (Å²) in [6.07, 6.45) is -1.78. The summed E-state index contributed by atoms with van der Waals surface area (Å²) in [6, 6.07) is 3.22. The van der Waals surface area contributed by atoms with Crippen molar-refractivity contribution in [3.05, 3.63) is 33.9 Å². The lowest BCUT2D eigenvalue weighted by Gasteiger charge is -2.05. The number of hydrogen-bond donors (Lipinski definition) is 1. The van der Waals surface area contributed by atoms with Gasteiger partial charge in [0.15, 0.2) is 0 Å². The summed E-state index contributed by atoms with van der Waals surface area (Å²) in [5, 5.41) is 19.8. The average molecular weight is 303 g/mol. The van der Waals surface area contributed by atoms with Crippen LogP contribution < -0.4 is 4.74 Å². The number of nitro benzene ring substituents is 1. The number of ether oxygens (including phenoxy) is 1. The number of hydrogen-bond acceptors (Lipinski definition) is 6. The monoisotopic (exact) mass is 303 g/mol. The largest absolute Gasteiger partial charge is 0.511 e. The Labute approximate surface area is 116 Å². The molecule has 9 heteroatoms. The molecule has 0 unspecified atom stereocenters. The van der Waals surface area contributed by atoms with Crippen LogP contribution in [0.1, 0.15) is 19.4 Å². The number of carboxylic acid groups (broad SMARTS) is 1. The first-order valence-corrected chi connectivity index (χ1v) is 6.63. The van der Waals surface area contributed by atoms with Crippen LogP contribution in [0.3, 0.4) is 0 Å². The Balaban J connectivity index is 0.00000172. The van der Waals surface area contributed by atoms with Gasteiger partial charge in [-0.05, 0) is 6.07 Å². The second-order valence-electron chi connectivity index (χ2n) is 3.05. The molecule has 0 saturated heterocycles. The third-order valence-corrected chi connectivity index (χ3v) is 2.33. The third-order valence-electron chi connectivity index (χ3n) is 1.89. The van der Waals surface area contributed by atoms with Gasteiger partial charge in [0, 0.05) is 29.5 Å². The third kappa shape index (κ3) is 5.96. The van der Waals surface area contributed by atoms with E-state index in [9.17, 15) is 23.3 Å². The second-order valence-corrected chi connectivity index (χ2v) is 3.90. The number of nitro groups is 1. The molecule has 110 valence electrons. The fraction of sp³-hybridized carbons (Fsp3) is 0.273. The van der Waals surface area contributed by atoms with Gasteiger partial charge in [-0.25, -0.2) is 4.79 Å². The molecule has 0 spiro atoms. The summed E-state index contributed by atoms with van der Waals surface area (Å²) in [4.78, 5) is 20.3. The van der Waals surface area contributed by atoms with Gasteiger partial charge in [-0.1, -0.05) is 13.8 Å². The Kier molecular flexibility index (Phi) is 7.60. The van der Waals surface area contributed by atoms with E-state index in [2.05, 4.69) is 4.74 Å². The molecular formula is C11H13NO7S. The van der Waals surface area contributed by atoms with E-state index in [1.165, 1.54) is 0 Å². The first kappa shape index (κ1) is 17.6. The molecule has 1 rings (SSSR count). The van der Waals surface area contributed by atoms with E-state index in [1.54, 1.807) is 0 Å². The zero-order valence-electron chi connectivity index (χ0n) is 10.8. The quantitative estimate of drug-likeness (QED) is 0.296. The fourth-order valence-electron chi connectivity index (χ4n) is 1.19. The van der Waals surface area contributed by atoms with E-state index in [1.807, 2.05) is 13.8 Å². The minimum atomic E-state index is -2.45. The number of nitrogens with zero attached hydrogens (tertiary/aromatic N) is 1. The molecule has 0 aliphatic heterocycles. The van der Waals surface area contributed by atoms with Crippen LogP contribution in [0, 0.1) is 10.1 Å². The van der Waals surface area contributed by atoms with Gasteiger partial charge in [0.1, 0.15) is 5.75 Å². The average Bonchev–Trinajstić information content (AvgIpc) is 2.38. The molecule has 8 nitrogen and oxygen atoms in total. The summed E-state index contributed by atoms with van der Waals surface area (Å²) in [7, 11) is -2.45. The number of non-ortho nitro benzene ring substituents is 1. The highest BCUT2D eigenvalue weighted by Gasteiger charge is 2.13. The molecule has 0 fully saturated rings. The predicted molar refractivity (Wildman–Crippen MR) is 71.8 cm³/mol. The van der Waals surface area contributed by atoms with Crippen LogP contribution in [0.5, 0.6) is 5.75 Å². The molecule has 0 saturated carbocycles. The highest BCUT2D eigenvalue weighted by molar-refractivity contribution is 7.71. The molecule has 0 aliphatic rings. The van der Waals surface area contributed by atoms with E-state index in [0.29, 0.717) is 0 Å². The van der Waals surface area contributed by atoms with Gasteiger partial charge in [0.05, 0.1) is 4.92 Å². The molecule has 0 aliphatic carbocycles. The van der Waals surface area contributed by atoms with Crippen molar-refractivity contribution < 1.29 is 28.0 Å². The second kappa shape index (κ2) is 8.64. The molecule has 0 bridgehead atoms. The fourth-order valence-corrected chi connectivity index (χ4v) is 1.51. The van der Waals surface area contributed by atoms with Gasteiger partial charge in [-0.3, -0.25) is 10.1 Å². The molecular weight excluding hydrogens is 290 g/mol. The molecule has 0 heterocycles. The molecule has 0 aromatic heterocycles. The van der Waals surface area contributed by atoms with Crippen LogP contribution >= 0.6 is 0 Å². The Morgan fingerprint density at radius 3 is 2.50 bits per heavy atom. The summed E-state index contributed by atoms with van der Waals surface area (Å²) >= 11 is 0. The maximum Gasteiger partial charge on any atom is 0.511 e. The molecule has 0 amide bonds. The SMILES string of the molecule is CC.O=C(O)Oc1ccc([N+](=O)[O-])cc1CC=S(=O)=O. The minimum absolute atomic E-state index is 0.0933. The Morgan fingerprint density at radius 2 is 2.05 bits per heavy atom. The van der Waals surface area contributed by atoms with Gasteiger partial charge < -0.3 is 9.84 Å². The van der Waals surface area contributed by atoms with E-state index >= 15 is 0 Å². The standard InChI is InChI=1S/C9H7NO7S.C2H6/c11-9(12)17-8-2-1-7(10(13)14)5-6(8)3-4-18(15)16;1-2/h1-2,4-5H,3H2,(H,11,12);1-2H3. The van der Waals surface area contributed by atoms with Crippen molar-refractivity contribution >= 4 is 27.5 Å². The minimum Gasteiger partial charge on any atom is -0.449 e. The summed E-state index contributed by atoms with van der Waals surface area (Å²) < 4.78 is 25.1. The molecule has 1 aromatic rings. The predicted octanol–water partition coefficient (Wildman–Crippen LogP) is 1.90. The van der Waals surface area contributed by atoms with Crippen molar-refractivity contribution in [2.24, 2.45) is 0 Å². The van der Waals surface area contributed by atoms with Crippen molar-refractivity contribution in [1.29, 1.82) is 0 Å². The van der Waals surface area contributed by atoms with Crippen LogP contribution in [-0.4, -0.2) is 30.0 Å². The van der Waals surface area contributed by atoms with Gasteiger partial charge in [0.2, 0.25) is 10.3 Å². The first-order valence-electron chi connectivity index (χ1n) is 5.49. The van der Waals surface area contributed by atoms with Crippen LogP contribution in [0.4, 0.5) is 10.5 Å². The molecule has 1 N–H and O–H groups in total. The number of rotatable bonds is 4. The van der Waals surface area contributed by atoms with E-state index in [4.69, 9.17) is 5.11 Å². The van der Waals surface area contributed by atoms with Gasteiger partial charge in [0.25, 0.3) is 5.69 Å². The van der Waals surface area contributed by atoms with Crippen LogP contribution in [0.2, 0.25) is 0 Å². The lowest BCUT2D eigenvalue weighted by Crippen LogP contribution is -2.06.